The van der Waals surface area contributed by atoms with Gasteiger partial charge in [-0.1, -0.05) is 32.0 Å². The monoisotopic (exact) mass is 434 g/mol. The van der Waals surface area contributed by atoms with Crippen LogP contribution in [0, 0.1) is 11.7 Å². The molecule has 2 aromatic carbocycles. The maximum atomic E-state index is 13.6. The number of nitrogens with one attached hydrogen (secondary N) is 2. The predicted octanol–water partition coefficient (Wildman–Crippen LogP) is 5.75. The van der Waals surface area contributed by atoms with Crippen molar-refractivity contribution in [1.29, 1.82) is 0 Å². The molecule has 0 aliphatic rings. The summed E-state index contributed by atoms with van der Waals surface area (Å²) in [5.41, 5.74) is 2.36. The number of fused-ring (bicyclic) bond motifs is 1. The Morgan fingerprint density at radius 3 is 2.60 bits per heavy atom. The lowest BCUT2D eigenvalue weighted by Gasteiger charge is -2.26. The molecule has 0 amide bonds. The van der Waals surface area contributed by atoms with Gasteiger partial charge < -0.3 is 19.8 Å². The molecule has 3 rings (SSSR count). The van der Waals surface area contributed by atoms with Crippen LogP contribution in [0.2, 0.25) is 0 Å². The van der Waals surface area contributed by atoms with E-state index >= 15 is 0 Å². The van der Waals surface area contributed by atoms with E-state index in [1.165, 1.54) is 23.1 Å². The highest BCUT2D eigenvalue weighted by atomic mass is 35.5. The topological polar surface area (TPSA) is 46.3 Å². The van der Waals surface area contributed by atoms with Gasteiger partial charge in [-0.2, -0.15) is 0 Å². The van der Waals surface area contributed by atoms with Crippen molar-refractivity contribution in [1.82, 2.24) is 10.3 Å². The molecule has 1 heterocycles. The molecule has 0 bridgehead atoms. The summed E-state index contributed by atoms with van der Waals surface area (Å²) >= 11 is 0. The number of H-pyrrole nitrogens is 1. The van der Waals surface area contributed by atoms with E-state index in [1.54, 1.807) is 6.07 Å². The summed E-state index contributed by atoms with van der Waals surface area (Å²) < 4.78 is 25.1. The van der Waals surface area contributed by atoms with E-state index in [4.69, 9.17) is 9.47 Å². The van der Waals surface area contributed by atoms with Crippen LogP contribution in [0.4, 0.5) is 4.39 Å². The number of ether oxygens (including phenoxy) is 2. The number of para-hydroxylation sites is 1. The minimum atomic E-state index is -0.325. The van der Waals surface area contributed by atoms with Crippen LogP contribution in [0.1, 0.15) is 33.3 Å². The first-order valence-electron chi connectivity index (χ1n) is 10.2. The van der Waals surface area contributed by atoms with Gasteiger partial charge in [0, 0.05) is 35.2 Å². The molecule has 1 aromatic heterocycles. The molecular formula is C24H32ClFN2O2. The van der Waals surface area contributed by atoms with Crippen molar-refractivity contribution >= 4 is 23.3 Å². The van der Waals surface area contributed by atoms with Crippen molar-refractivity contribution in [2.75, 3.05) is 19.8 Å². The van der Waals surface area contributed by atoms with Crippen LogP contribution < -0.4 is 14.8 Å². The van der Waals surface area contributed by atoms with Gasteiger partial charge >= 0.3 is 0 Å². The van der Waals surface area contributed by atoms with Crippen molar-refractivity contribution in [3.63, 3.8) is 0 Å². The van der Waals surface area contributed by atoms with Crippen LogP contribution >= 0.6 is 12.4 Å². The fourth-order valence-corrected chi connectivity index (χ4v) is 3.34. The minimum Gasteiger partial charge on any atom is -0.489 e. The lowest BCUT2D eigenvalue weighted by Crippen LogP contribution is -2.43. The Balaban J connectivity index is 0.00000320. The number of hydrogen-bond donors (Lipinski definition) is 2. The smallest absolute Gasteiger partial charge is 0.164 e. The van der Waals surface area contributed by atoms with Gasteiger partial charge in [-0.15, -0.1) is 12.4 Å². The molecule has 0 fully saturated rings. The summed E-state index contributed by atoms with van der Waals surface area (Å²) in [6.45, 7) is 10.2. The van der Waals surface area contributed by atoms with Crippen molar-refractivity contribution in [2.24, 2.45) is 5.92 Å². The number of hydrogen-bond acceptors (Lipinski definition) is 3. The lowest BCUT2D eigenvalue weighted by molar-refractivity contribution is 0.236. The number of aromatic nitrogens is 1. The summed E-state index contributed by atoms with van der Waals surface area (Å²) in [5.74, 6) is 1.06. The fraction of sp³-hybridized carbons (Fsp3) is 0.417. The highest BCUT2D eigenvalue weighted by Crippen LogP contribution is 2.28. The van der Waals surface area contributed by atoms with Gasteiger partial charge in [-0.05, 0) is 49.9 Å². The van der Waals surface area contributed by atoms with Crippen molar-refractivity contribution in [3.05, 3.63) is 60.0 Å². The molecule has 164 valence electrons. The van der Waals surface area contributed by atoms with Gasteiger partial charge in [0.25, 0.3) is 0 Å². The van der Waals surface area contributed by atoms with Gasteiger partial charge in [0.2, 0.25) is 0 Å². The van der Waals surface area contributed by atoms with Crippen LogP contribution in [0.15, 0.2) is 48.7 Å². The Labute approximate surface area is 184 Å². The molecule has 0 saturated heterocycles. The first-order chi connectivity index (χ1) is 13.8. The maximum absolute atomic E-state index is 13.6. The van der Waals surface area contributed by atoms with Crippen LogP contribution in [-0.4, -0.2) is 30.3 Å². The Morgan fingerprint density at radius 2 is 1.83 bits per heavy atom. The highest BCUT2D eigenvalue weighted by molar-refractivity contribution is 5.85. The van der Waals surface area contributed by atoms with E-state index in [2.05, 4.69) is 62.4 Å². The maximum Gasteiger partial charge on any atom is 0.164 e. The Hall–Kier alpha value is -2.24. The van der Waals surface area contributed by atoms with Crippen LogP contribution in [0.25, 0.3) is 10.9 Å². The molecule has 3 aromatic rings. The Kier molecular flexibility index (Phi) is 8.56. The van der Waals surface area contributed by atoms with Crippen molar-refractivity contribution in [3.8, 4) is 11.5 Å². The first kappa shape index (κ1) is 24.0. The molecule has 4 nitrogen and oxygen atoms in total. The minimum absolute atomic E-state index is 0. The quantitative estimate of drug-likeness (QED) is 0.399. The van der Waals surface area contributed by atoms with E-state index in [0.29, 0.717) is 37.2 Å². The summed E-state index contributed by atoms with van der Waals surface area (Å²) in [6, 6.07) is 12.7. The standard InChI is InChI=1S/C24H31FN2O2.ClH/c1-17(2)16-29-23-13-19(25)9-10-22(23)28-12-11-27-24(3,4)14-18-15-26-21-8-6-5-7-20(18)21;/h5-10,13,15,17,26-27H,11-12,14,16H2,1-4H3;1H. The number of rotatable bonds is 10. The number of benzene rings is 2. The third kappa shape index (κ3) is 6.64. The Morgan fingerprint density at radius 1 is 1.07 bits per heavy atom. The lowest BCUT2D eigenvalue weighted by atomic mass is 9.94. The van der Waals surface area contributed by atoms with Gasteiger partial charge in [0.15, 0.2) is 11.5 Å². The average molecular weight is 435 g/mol. The normalized spacial score (nSPS) is 11.5. The second-order valence-corrected chi connectivity index (χ2v) is 8.49. The number of aromatic amines is 1. The van der Waals surface area contributed by atoms with Crippen molar-refractivity contribution in [2.45, 2.75) is 39.7 Å². The highest BCUT2D eigenvalue weighted by Gasteiger charge is 2.19. The average Bonchev–Trinajstić information content (AvgIpc) is 3.07. The molecular weight excluding hydrogens is 403 g/mol. The van der Waals surface area contributed by atoms with E-state index in [-0.39, 0.29) is 23.8 Å². The van der Waals surface area contributed by atoms with E-state index in [0.717, 1.165) is 11.9 Å². The zero-order valence-corrected chi connectivity index (χ0v) is 18.9. The summed E-state index contributed by atoms with van der Waals surface area (Å²) in [6.07, 6.45) is 2.98. The zero-order valence-electron chi connectivity index (χ0n) is 18.1. The number of halogens is 2. The fourth-order valence-electron chi connectivity index (χ4n) is 3.34. The molecule has 0 aliphatic carbocycles. The second kappa shape index (κ2) is 10.7. The summed E-state index contributed by atoms with van der Waals surface area (Å²) in [5, 5.41) is 4.82. The van der Waals surface area contributed by atoms with Gasteiger partial charge in [0.1, 0.15) is 12.4 Å². The third-order valence-electron chi connectivity index (χ3n) is 4.75. The molecule has 30 heavy (non-hydrogen) atoms. The molecule has 0 spiro atoms. The van der Waals surface area contributed by atoms with Gasteiger partial charge in [0.05, 0.1) is 6.61 Å². The Bertz CT molecular complexity index is 940. The van der Waals surface area contributed by atoms with Crippen LogP contribution in [-0.2, 0) is 6.42 Å². The van der Waals surface area contributed by atoms with Crippen LogP contribution in [0.3, 0.4) is 0 Å². The SMILES string of the molecule is CC(C)COc1cc(F)ccc1OCCNC(C)(C)Cc1c[nH]c2ccccc12.Cl. The van der Waals surface area contributed by atoms with E-state index < -0.39 is 0 Å². The van der Waals surface area contributed by atoms with E-state index in [1.807, 2.05) is 6.07 Å². The summed E-state index contributed by atoms with van der Waals surface area (Å²) in [4.78, 5) is 3.33. The molecule has 0 radical (unpaired) electrons. The molecule has 0 atom stereocenters. The molecule has 0 saturated carbocycles. The van der Waals surface area contributed by atoms with Crippen LogP contribution in [0.5, 0.6) is 11.5 Å². The summed E-state index contributed by atoms with van der Waals surface area (Å²) in [7, 11) is 0. The zero-order chi connectivity index (χ0) is 20.9. The van der Waals surface area contributed by atoms with Gasteiger partial charge in [-0.25, -0.2) is 4.39 Å². The third-order valence-corrected chi connectivity index (χ3v) is 4.75. The molecule has 0 unspecified atom stereocenters. The second-order valence-electron chi connectivity index (χ2n) is 8.49. The molecule has 2 N–H and O–H groups in total. The molecule has 6 heteroatoms. The molecule has 0 aliphatic heterocycles. The predicted molar refractivity (Wildman–Crippen MR) is 124 cm³/mol. The van der Waals surface area contributed by atoms with E-state index in [9.17, 15) is 4.39 Å². The largest absolute Gasteiger partial charge is 0.489 e. The van der Waals surface area contributed by atoms with Crippen molar-refractivity contribution < 1.29 is 13.9 Å². The first-order valence-corrected chi connectivity index (χ1v) is 10.2. The van der Waals surface area contributed by atoms with Gasteiger partial charge in [-0.3, -0.25) is 0 Å².